The summed E-state index contributed by atoms with van der Waals surface area (Å²) in [5.41, 5.74) is -1.41. The van der Waals surface area contributed by atoms with Gasteiger partial charge in [0.1, 0.15) is 5.82 Å². The van der Waals surface area contributed by atoms with Crippen LogP contribution in [0.2, 0.25) is 0 Å². The predicted molar refractivity (Wildman–Crippen MR) is 126 cm³/mol. The number of esters is 1. The number of nitrogens with zero attached hydrogens (tertiary/aromatic N) is 3. The van der Waals surface area contributed by atoms with Crippen LogP contribution in [0.5, 0.6) is 0 Å². The molecule has 2 atom stereocenters. The first-order valence-electron chi connectivity index (χ1n) is 12.5. The molecule has 0 aromatic heterocycles. The average Bonchev–Trinajstić information content (AvgIpc) is 3.08. The van der Waals surface area contributed by atoms with Crippen molar-refractivity contribution in [1.29, 1.82) is 0 Å². The number of piperidine rings is 2. The van der Waals surface area contributed by atoms with E-state index in [1.165, 1.54) is 25.2 Å². The number of halogens is 1. The summed E-state index contributed by atoms with van der Waals surface area (Å²) >= 11 is 0. The third-order valence-electron chi connectivity index (χ3n) is 7.79. The van der Waals surface area contributed by atoms with E-state index in [9.17, 15) is 23.6 Å². The Hall–Kier alpha value is -2.81. The van der Waals surface area contributed by atoms with Crippen LogP contribution in [0, 0.1) is 11.7 Å². The predicted octanol–water partition coefficient (Wildman–Crippen LogP) is 2.11. The molecule has 3 saturated heterocycles. The molecule has 0 N–H and O–H groups in total. The van der Waals surface area contributed by atoms with Crippen LogP contribution in [0.3, 0.4) is 0 Å². The van der Waals surface area contributed by atoms with Gasteiger partial charge in [0.2, 0.25) is 17.7 Å². The molecule has 1 aromatic carbocycles. The number of rotatable bonds is 6. The lowest BCUT2D eigenvalue weighted by molar-refractivity contribution is -0.150. The molecular weight excluding hydrogens is 453 g/mol. The maximum absolute atomic E-state index is 14.8. The molecule has 0 spiro atoms. The molecule has 190 valence electrons. The van der Waals surface area contributed by atoms with Crippen LogP contribution in [-0.2, 0) is 29.3 Å². The molecule has 0 radical (unpaired) electrons. The van der Waals surface area contributed by atoms with Gasteiger partial charge in [-0.25, -0.2) is 4.39 Å². The molecule has 0 saturated carbocycles. The molecule has 0 aliphatic carbocycles. The van der Waals surface area contributed by atoms with E-state index >= 15 is 0 Å². The Bertz CT molecular complexity index is 993. The standard InChI is InChI=1S/C26H34FN3O5/c1-3-35-24(33)18-7-6-12-30(17-18)19-10-13-29(14-11-19)23(32)16-26(15-22(31)28(2)25(26)34)20-8-4-5-9-21(20)27/h4-5,8-9,18-19H,3,6-7,10-17H2,1-2H3. The van der Waals surface area contributed by atoms with Gasteiger partial charge >= 0.3 is 5.97 Å². The number of carbonyl (C=O) groups is 4. The summed E-state index contributed by atoms with van der Waals surface area (Å²) in [6, 6.07) is 6.17. The van der Waals surface area contributed by atoms with Crippen molar-refractivity contribution in [2.24, 2.45) is 5.92 Å². The molecule has 4 rings (SSSR count). The van der Waals surface area contributed by atoms with Crippen molar-refractivity contribution in [2.75, 3.05) is 39.8 Å². The first-order valence-corrected chi connectivity index (χ1v) is 12.5. The maximum Gasteiger partial charge on any atom is 0.310 e. The highest BCUT2D eigenvalue weighted by Gasteiger charge is 2.54. The second-order valence-corrected chi connectivity index (χ2v) is 9.87. The number of benzene rings is 1. The van der Waals surface area contributed by atoms with Crippen LogP contribution in [0.25, 0.3) is 0 Å². The molecule has 3 amide bonds. The summed E-state index contributed by atoms with van der Waals surface area (Å²) in [6.45, 7) is 4.85. The second kappa shape index (κ2) is 10.4. The van der Waals surface area contributed by atoms with E-state index in [0.717, 1.165) is 37.1 Å². The van der Waals surface area contributed by atoms with Crippen molar-refractivity contribution >= 4 is 23.7 Å². The Kier molecular flexibility index (Phi) is 7.54. The molecule has 0 bridgehead atoms. The highest BCUT2D eigenvalue weighted by Crippen LogP contribution is 2.41. The van der Waals surface area contributed by atoms with Crippen LogP contribution >= 0.6 is 0 Å². The van der Waals surface area contributed by atoms with Crippen LogP contribution in [-0.4, -0.2) is 84.3 Å². The first kappa shape index (κ1) is 25.3. The van der Waals surface area contributed by atoms with Gasteiger partial charge in [-0.15, -0.1) is 0 Å². The molecule has 3 aliphatic rings. The van der Waals surface area contributed by atoms with Gasteiger partial charge in [-0.3, -0.25) is 29.0 Å². The Morgan fingerprint density at radius 1 is 1.11 bits per heavy atom. The van der Waals surface area contributed by atoms with Crippen molar-refractivity contribution in [3.63, 3.8) is 0 Å². The van der Waals surface area contributed by atoms with E-state index in [4.69, 9.17) is 4.74 Å². The molecule has 3 fully saturated rings. The normalized spacial score (nSPS) is 26.3. The zero-order chi connectivity index (χ0) is 25.2. The van der Waals surface area contributed by atoms with Gasteiger partial charge in [0.25, 0.3) is 0 Å². The summed E-state index contributed by atoms with van der Waals surface area (Å²) in [4.78, 5) is 56.1. The summed E-state index contributed by atoms with van der Waals surface area (Å²) in [5, 5.41) is 0. The van der Waals surface area contributed by atoms with Crippen molar-refractivity contribution in [2.45, 2.75) is 56.9 Å². The minimum atomic E-state index is -1.51. The number of imide groups is 1. The number of hydrogen-bond donors (Lipinski definition) is 0. The molecule has 3 heterocycles. The number of carbonyl (C=O) groups excluding carboxylic acids is 4. The van der Waals surface area contributed by atoms with Crippen LogP contribution in [0.1, 0.15) is 51.0 Å². The van der Waals surface area contributed by atoms with Gasteiger partial charge in [-0.05, 0) is 45.2 Å². The van der Waals surface area contributed by atoms with Crippen molar-refractivity contribution in [3.8, 4) is 0 Å². The van der Waals surface area contributed by atoms with Gasteiger partial charge in [0.15, 0.2) is 0 Å². The fourth-order valence-corrected chi connectivity index (χ4v) is 5.82. The molecule has 3 aliphatic heterocycles. The largest absolute Gasteiger partial charge is 0.466 e. The SMILES string of the molecule is CCOC(=O)C1CCCN(C2CCN(C(=O)CC3(c4ccccc4F)CC(=O)N(C)C3=O)CC2)C1. The van der Waals surface area contributed by atoms with Gasteiger partial charge < -0.3 is 9.64 Å². The number of likely N-dealkylation sites (N-methyl/N-ethyl adjacent to an activating group) is 1. The Balaban J connectivity index is 1.41. The zero-order valence-corrected chi connectivity index (χ0v) is 20.5. The number of likely N-dealkylation sites (tertiary alicyclic amines) is 3. The van der Waals surface area contributed by atoms with Gasteiger partial charge in [-0.1, -0.05) is 18.2 Å². The highest BCUT2D eigenvalue weighted by atomic mass is 19.1. The van der Waals surface area contributed by atoms with E-state index < -0.39 is 23.0 Å². The van der Waals surface area contributed by atoms with Crippen molar-refractivity contribution in [1.82, 2.24) is 14.7 Å². The summed E-state index contributed by atoms with van der Waals surface area (Å²) < 4.78 is 20.0. The third-order valence-corrected chi connectivity index (χ3v) is 7.79. The topological polar surface area (TPSA) is 87.2 Å². The Morgan fingerprint density at radius 3 is 2.46 bits per heavy atom. The van der Waals surface area contributed by atoms with E-state index in [1.54, 1.807) is 11.0 Å². The lowest BCUT2D eigenvalue weighted by Crippen LogP contribution is -2.51. The monoisotopic (exact) mass is 487 g/mol. The van der Waals surface area contributed by atoms with Crippen molar-refractivity contribution in [3.05, 3.63) is 35.6 Å². The average molecular weight is 488 g/mol. The van der Waals surface area contributed by atoms with Crippen LogP contribution in [0.15, 0.2) is 24.3 Å². The lowest BCUT2D eigenvalue weighted by atomic mass is 9.75. The van der Waals surface area contributed by atoms with Gasteiger partial charge in [-0.2, -0.15) is 0 Å². The van der Waals surface area contributed by atoms with Gasteiger partial charge in [0, 0.05) is 51.1 Å². The second-order valence-electron chi connectivity index (χ2n) is 9.87. The Morgan fingerprint density at radius 2 is 1.83 bits per heavy atom. The van der Waals surface area contributed by atoms with E-state index in [2.05, 4.69) is 4.90 Å². The maximum atomic E-state index is 14.8. The minimum Gasteiger partial charge on any atom is -0.466 e. The van der Waals surface area contributed by atoms with Crippen LogP contribution in [0.4, 0.5) is 4.39 Å². The number of hydrogen-bond acceptors (Lipinski definition) is 6. The third kappa shape index (κ3) is 4.96. The molecule has 9 heteroatoms. The fraction of sp³-hybridized carbons (Fsp3) is 0.615. The van der Waals surface area contributed by atoms with Crippen molar-refractivity contribution < 1.29 is 28.3 Å². The van der Waals surface area contributed by atoms with Gasteiger partial charge in [0.05, 0.1) is 17.9 Å². The molecular formula is C26H34FN3O5. The minimum absolute atomic E-state index is 0.101. The number of ether oxygens (including phenoxy) is 1. The summed E-state index contributed by atoms with van der Waals surface area (Å²) in [6.07, 6.45) is 2.86. The lowest BCUT2D eigenvalue weighted by Gasteiger charge is -2.42. The smallest absolute Gasteiger partial charge is 0.310 e. The quantitative estimate of drug-likeness (QED) is 0.451. The molecule has 1 aromatic rings. The highest BCUT2D eigenvalue weighted by molar-refractivity contribution is 6.10. The molecule has 35 heavy (non-hydrogen) atoms. The zero-order valence-electron chi connectivity index (χ0n) is 20.5. The molecule has 2 unspecified atom stereocenters. The summed E-state index contributed by atoms with van der Waals surface area (Å²) in [5.74, 6) is -2.01. The first-order chi connectivity index (χ1) is 16.8. The summed E-state index contributed by atoms with van der Waals surface area (Å²) in [7, 11) is 1.38. The van der Waals surface area contributed by atoms with E-state index in [-0.39, 0.29) is 42.2 Å². The van der Waals surface area contributed by atoms with E-state index in [0.29, 0.717) is 26.2 Å². The fourth-order valence-electron chi connectivity index (χ4n) is 5.82. The number of amides is 3. The Labute approximate surface area is 205 Å². The van der Waals surface area contributed by atoms with E-state index in [1.807, 2.05) is 6.92 Å². The molecule has 8 nitrogen and oxygen atoms in total. The van der Waals surface area contributed by atoms with Crippen LogP contribution < -0.4 is 0 Å².